The number of nitrogens with zero attached hydrogens (tertiary/aromatic N) is 1. The Balaban J connectivity index is 2.53. The van der Waals surface area contributed by atoms with Crippen LogP contribution in [0.5, 0.6) is 5.75 Å². The monoisotopic (exact) mass is 306 g/mol. The molecule has 1 heterocycles. The largest absolute Gasteiger partial charge is 0.494 e. The summed E-state index contributed by atoms with van der Waals surface area (Å²) in [4.78, 5) is 29.8. The standard InChI is InChI=1S/C15H15FN2O4/c1-7(15(20)21)12-8(2)17-13(18-14(12)19)9-4-5-11(22-3)10(16)6-9/h4-7H,1-3H3,(H,20,21)(H,17,18,19). The summed E-state index contributed by atoms with van der Waals surface area (Å²) in [7, 11) is 1.35. The average molecular weight is 306 g/mol. The number of carboxylic acids is 1. The smallest absolute Gasteiger partial charge is 0.310 e. The molecule has 0 saturated carbocycles. The van der Waals surface area contributed by atoms with E-state index in [0.717, 1.165) is 0 Å². The summed E-state index contributed by atoms with van der Waals surface area (Å²) in [6.45, 7) is 2.96. The Kier molecular flexibility index (Phi) is 4.25. The van der Waals surface area contributed by atoms with E-state index in [4.69, 9.17) is 9.84 Å². The molecule has 2 N–H and O–H groups in total. The summed E-state index contributed by atoms with van der Waals surface area (Å²) < 4.78 is 18.6. The van der Waals surface area contributed by atoms with E-state index in [1.165, 1.54) is 26.2 Å². The second-order valence-electron chi connectivity index (χ2n) is 4.82. The van der Waals surface area contributed by atoms with Gasteiger partial charge in [0.05, 0.1) is 18.6 Å². The molecule has 0 aliphatic rings. The van der Waals surface area contributed by atoms with E-state index < -0.39 is 23.3 Å². The van der Waals surface area contributed by atoms with Gasteiger partial charge in [0.1, 0.15) is 5.82 Å². The van der Waals surface area contributed by atoms with Gasteiger partial charge in [-0.1, -0.05) is 0 Å². The fourth-order valence-electron chi connectivity index (χ4n) is 2.18. The van der Waals surface area contributed by atoms with E-state index in [-0.39, 0.29) is 17.1 Å². The summed E-state index contributed by atoms with van der Waals surface area (Å²) in [5.74, 6) is -2.41. The highest BCUT2D eigenvalue weighted by Crippen LogP contribution is 2.24. The number of methoxy groups -OCH3 is 1. The molecule has 0 bridgehead atoms. The van der Waals surface area contributed by atoms with E-state index in [2.05, 4.69) is 9.97 Å². The normalized spacial score (nSPS) is 12.0. The lowest BCUT2D eigenvalue weighted by Crippen LogP contribution is -2.23. The number of rotatable bonds is 4. The Labute approximate surface area is 125 Å². The van der Waals surface area contributed by atoms with Crippen LogP contribution in [0.15, 0.2) is 23.0 Å². The van der Waals surface area contributed by atoms with Gasteiger partial charge >= 0.3 is 5.97 Å². The molecule has 2 aromatic rings. The third kappa shape index (κ3) is 2.83. The first kappa shape index (κ1) is 15.7. The van der Waals surface area contributed by atoms with Crippen molar-refractivity contribution in [3.63, 3.8) is 0 Å². The summed E-state index contributed by atoms with van der Waals surface area (Å²) >= 11 is 0. The summed E-state index contributed by atoms with van der Waals surface area (Å²) in [6.07, 6.45) is 0. The van der Waals surface area contributed by atoms with Gasteiger partial charge in [0.2, 0.25) is 0 Å². The third-order valence-electron chi connectivity index (χ3n) is 3.37. The highest BCUT2D eigenvalue weighted by Gasteiger charge is 2.21. The van der Waals surface area contributed by atoms with Gasteiger partial charge in [-0.25, -0.2) is 9.37 Å². The molecule has 0 spiro atoms. The van der Waals surface area contributed by atoms with Gasteiger partial charge in [0.25, 0.3) is 5.56 Å². The number of aromatic amines is 1. The zero-order valence-corrected chi connectivity index (χ0v) is 12.3. The molecule has 0 aliphatic carbocycles. The fourth-order valence-corrected chi connectivity index (χ4v) is 2.18. The summed E-state index contributed by atoms with van der Waals surface area (Å²) in [6, 6.07) is 4.17. The zero-order valence-electron chi connectivity index (χ0n) is 12.3. The number of hydrogen-bond donors (Lipinski definition) is 2. The number of aryl methyl sites for hydroxylation is 1. The van der Waals surface area contributed by atoms with Crippen molar-refractivity contribution in [3.8, 4) is 17.1 Å². The molecule has 0 amide bonds. The number of aliphatic carboxylic acids is 1. The van der Waals surface area contributed by atoms with Crippen molar-refractivity contribution in [3.05, 3.63) is 45.6 Å². The maximum absolute atomic E-state index is 13.7. The molecule has 22 heavy (non-hydrogen) atoms. The molecule has 0 fully saturated rings. The minimum atomic E-state index is -1.11. The van der Waals surface area contributed by atoms with E-state index in [1.54, 1.807) is 13.0 Å². The van der Waals surface area contributed by atoms with Crippen molar-refractivity contribution >= 4 is 5.97 Å². The molecule has 2 rings (SSSR count). The molecule has 1 aromatic heterocycles. The average Bonchev–Trinajstić information content (AvgIpc) is 2.46. The maximum Gasteiger partial charge on any atom is 0.310 e. The van der Waals surface area contributed by atoms with E-state index in [0.29, 0.717) is 11.3 Å². The SMILES string of the molecule is COc1ccc(-c2nc(C)c(C(C)C(=O)O)c(=O)[nH]2)cc1F. The van der Waals surface area contributed by atoms with Crippen LogP contribution in [0.3, 0.4) is 0 Å². The van der Waals surface area contributed by atoms with Crippen molar-refractivity contribution in [2.24, 2.45) is 0 Å². The summed E-state index contributed by atoms with van der Waals surface area (Å²) in [5, 5.41) is 9.02. The number of aromatic nitrogens is 2. The van der Waals surface area contributed by atoms with Gasteiger partial charge in [-0.2, -0.15) is 0 Å². The van der Waals surface area contributed by atoms with Gasteiger partial charge in [-0.3, -0.25) is 9.59 Å². The minimum absolute atomic E-state index is 0.0824. The van der Waals surface area contributed by atoms with Crippen LogP contribution in [-0.2, 0) is 4.79 Å². The van der Waals surface area contributed by atoms with E-state index in [1.807, 2.05) is 0 Å². The number of carboxylic acid groups (broad SMARTS) is 1. The second-order valence-corrected chi connectivity index (χ2v) is 4.82. The van der Waals surface area contributed by atoms with Gasteiger partial charge in [0, 0.05) is 11.3 Å². The minimum Gasteiger partial charge on any atom is -0.494 e. The Morgan fingerprint density at radius 3 is 2.64 bits per heavy atom. The van der Waals surface area contributed by atoms with Crippen molar-refractivity contribution < 1.29 is 19.0 Å². The molecule has 6 nitrogen and oxygen atoms in total. The quantitative estimate of drug-likeness (QED) is 0.902. The number of nitrogens with one attached hydrogen (secondary N) is 1. The number of carbonyl (C=O) groups is 1. The maximum atomic E-state index is 13.7. The lowest BCUT2D eigenvalue weighted by Gasteiger charge is -2.11. The van der Waals surface area contributed by atoms with Crippen molar-refractivity contribution in [1.82, 2.24) is 9.97 Å². The first-order chi connectivity index (χ1) is 10.3. The van der Waals surface area contributed by atoms with Crippen LogP contribution in [0.2, 0.25) is 0 Å². The van der Waals surface area contributed by atoms with Gasteiger partial charge in [-0.05, 0) is 32.0 Å². The van der Waals surface area contributed by atoms with E-state index >= 15 is 0 Å². The lowest BCUT2D eigenvalue weighted by molar-refractivity contribution is -0.138. The predicted octanol–water partition coefficient (Wildman–Crippen LogP) is 2.08. The second kappa shape index (κ2) is 5.97. The number of benzene rings is 1. The topological polar surface area (TPSA) is 92.3 Å². The van der Waals surface area contributed by atoms with E-state index in [9.17, 15) is 14.0 Å². The van der Waals surface area contributed by atoms with Gasteiger partial charge < -0.3 is 14.8 Å². The molecule has 1 atom stereocenters. The Bertz CT molecular complexity index is 786. The van der Waals surface area contributed by atoms with Crippen LogP contribution in [0.25, 0.3) is 11.4 Å². The molecule has 0 radical (unpaired) electrons. The summed E-state index contributed by atoms with van der Waals surface area (Å²) in [5.41, 5.74) is 0.205. The number of H-pyrrole nitrogens is 1. The number of ether oxygens (including phenoxy) is 1. The highest BCUT2D eigenvalue weighted by molar-refractivity contribution is 5.75. The third-order valence-corrected chi connectivity index (χ3v) is 3.37. The Morgan fingerprint density at radius 1 is 1.45 bits per heavy atom. The molecular weight excluding hydrogens is 291 g/mol. The van der Waals surface area contributed by atoms with Crippen molar-refractivity contribution in [2.75, 3.05) is 7.11 Å². The molecule has 0 saturated heterocycles. The van der Waals surface area contributed by atoms with Crippen LogP contribution < -0.4 is 10.3 Å². The first-order valence-electron chi connectivity index (χ1n) is 6.52. The zero-order chi connectivity index (χ0) is 16.4. The predicted molar refractivity (Wildman–Crippen MR) is 77.6 cm³/mol. The number of halogens is 1. The van der Waals surface area contributed by atoms with Crippen LogP contribution in [0, 0.1) is 12.7 Å². The highest BCUT2D eigenvalue weighted by atomic mass is 19.1. The molecule has 1 unspecified atom stereocenters. The molecule has 1 aromatic carbocycles. The number of hydrogen-bond acceptors (Lipinski definition) is 4. The van der Waals surface area contributed by atoms with Crippen molar-refractivity contribution in [1.29, 1.82) is 0 Å². The molecular formula is C15H15FN2O4. The van der Waals surface area contributed by atoms with Crippen LogP contribution in [-0.4, -0.2) is 28.2 Å². The molecule has 116 valence electrons. The van der Waals surface area contributed by atoms with Crippen LogP contribution >= 0.6 is 0 Å². The Morgan fingerprint density at radius 2 is 2.14 bits per heavy atom. The van der Waals surface area contributed by atoms with Gasteiger partial charge in [-0.15, -0.1) is 0 Å². The molecule has 0 aliphatic heterocycles. The molecule has 7 heteroatoms. The fraction of sp³-hybridized carbons (Fsp3) is 0.267. The van der Waals surface area contributed by atoms with Crippen molar-refractivity contribution in [2.45, 2.75) is 19.8 Å². The Hall–Kier alpha value is -2.70. The van der Waals surface area contributed by atoms with Crippen LogP contribution in [0.4, 0.5) is 4.39 Å². The van der Waals surface area contributed by atoms with Gasteiger partial charge in [0.15, 0.2) is 11.6 Å². The van der Waals surface area contributed by atoms with Crippen LogP contribution in [0.1, 0.15) is 24.1 Å². The lowest BCUT2D eigenvalue weighted by atomic mass is 10.0. The first-order valence-corrected chi connectivity index (χ1v) is 6.52.